The van der Waals surface area contributed by atoms with Crippen LogP contribution in [0.3, 0.4) is 0 Å². The van der Waals surface area contributed by atoms with Crippen molar-refractivity contribution in [1.82, 2.24) is 0 Å². The fourth-order valence-corrected chi connectivity index (χ4v) is 0.807. The second-order valence-electron chi connectivity index (χ2n) is 3.02. The highest BCUT2D eigenvalue weighted by atomic mass is 16.4. The summed E-state index contributed by atoms with van der Waals surface area (Å²) in [5.74, 6) is -0.571. The van der Waals surface area contributed by atoms with Gasteiger partial charge in [0.05, 0.1) is 6.61 Å². The van der Waals surface area contributed by atoms with Crippen LogP contribution in [0.4, 0.5) is 0 Å². The van der Waals surface area contributed by atoms with Crippen LogP contribution in [0.1, 0.15) is 6.92 Å². The summed E-state index contributed by atoms with van der Waals surface area (Å²) in [5.41, 5.74) is 0. The summed E-state index contributed by atoms with van der Waals surface area (Å²) in [7, 11) is 0. The predicted octanol–water partition coefficient (Wildman–Crippen LogP) is -2.96. The highest BCUT2D eigenvalue weighted by molar-refractivity contribution is 5.84. The van der Waals surface area contributed by atoms with Crippen molar-refractivity contribution in [3.8, 4) is 0 Å². The van der Waals surface area contributed by atoms with Crippen LogP contribution in [0.25, 0.3) is 0 Å². The molecule has 7 heteroatoms. The normalized spacial score (nSPS) is 19.9. The summed E-state index contributed by atoms with van der Waals surface area (Å²) in [6, 6.07) is 0. The van der Waals surface area contributed by atoms with Gasteiger partial charge >= 0.3 is 0 Å². The Morgan fingerprint density at radius 1 is 1.27 bits per heavy atom. The molecule has 0 radical (unpaired) electrons. The first-order valence-electron chi connectivity index (χ1n) is 4.28. The number of nitrogens with zero attached hydrogens (tertiary/aromatic N) is 1. The van der Waals surface area contributed by atoms with E-state index in [1.807, 2.05) is 0 Å². The zero-order chi connectivity index (χ0) is 12.0. The van der Waals surface area contributed by atoms with Crippen molar-refractivity contribution < 1.29 is 30.3 Å². The Morgan fingerprint density at radius 3 is 2.20 bits per heavy atom. The van der Waals surface area contributed by atoms with Crippen LogP contribution in [0.15, 0.2) is 4.99 Å². The van der Waals surface area contributed by atoms with Crippen LogP contribution >= 0.6 is 0 Å². The lowest BCUT2D eigenvalue weighted by Gasteiger charge is -2.23. The smallest absolute Gasteiger partial charge is 0.242 e. The van der Waals surface area contributed by atoms with E-state index in [-0.39, 0.29) is 0 Å². The van der Waals surface area contributed by atoms with Crippen molar-refractivity contribution in [2.24, 2.45) is 4.99 Å². The van der Waals surface area contributed by atoms with Crippen molar-refractivity contribution in [1.29, 1.82) is 0 Å². The van der Waals surface area contributed by atoms with Crippen LogP contribution in [-0.4, -0.2) is 68.7 Å². The van der Waals surface area contributed by atoms with E-state index in [1.165, 1.54) is 0 Å². The van der Waals surface area contributed by atoms with Crippen LogP contribution < -0.4 is 0 Å². The molecule has 88 valence electrons. The highest BCUT2D eigenvalue weighted by Gasteiger charge is 2.28. The predicted molar refractivity (Wildman–Crippen MR) is 50.3 cm³/mol. The van der Waals surface area contributed by atoms with E-state index in [9.17, 15) is 15.0 Å². The summed E-state index contributed by atoms with van der Waals surface area (Å²) < 4.78 is 0. The molecule has 0 saturated heterocycles. The van der Waals surface area contributed by atoms with Gasteiger partial charge in [-0.3, -0.25) is 4.79 Å². The third-order valence-corrected chi connectivity index (χ3v) is 1.69. The Bertz CT molecular complexity index is 231. The molecule has 0 aromatic carbocycles. The molecule has 15 heavy (non-hydrogen) atoms. The lowest BCUT2D eigenvalue weighted by molar-refractivity contribution is -0.116. The number of aliphatic imine (C=N–C) groups is 1. The van der Waals surface area contributed by atoms with Gasteiger partial charge in [0.15, 0.2) is 0 Å². The topological polar surface area (TPSA) is 131 Å². The number of aliphatic hydroxyl groups is 5. The number of carbonyl (C=O) groups excluding carboxylic acids is 1. The first-order chi connectivity index (χ1) is 6.90. The number of rotatable bonds is 5. The van der Waals surface area contributed by atoms with Gasteiger partial charge in [-0.1, -0.05) is 0 Å². The molecular formula is C8H15NO6. The number of carbonyl (C=O) groups is 1. The molecule has 7 nitrogen and oxygen atoms in total. The van der Waals surface area contributed by atoms with Crippen molar-refractivity contribution in [2.45, 2.75) is 31.3 Å². The second-order valence-corrected chi connectivity index (χ2v) is 3.02. The summed E-state index contributed by atoms with van der Waals surface area (Å²) >= 11 is 0. The zero-order valence-corrected chi connectivity index (χ0v) is 8.19. The average molecular weight is 221 g/mol. The Labute approximate surface area is 86.3 Å². The number of hydrogen-bond acceptors (Lipinski definition) is 6. The van der Waals surface area contributed by atoms with Crippen molar-refractivity contribution in [3.05, 3.63) is 0 Å². The molecule has 0 heterocycles. The van der Waals surface area contributed by atoms with E-state index >= 15 is 0 Å². The van der Waals surface area contributed by atoms with Crippen LogP contribution in [0, 0.1) is 0 Å². The summed E-state index contributed by atoms with van der Waals surface area (Å²) in [5, 5.41) is 45.0. The molecule has 0 aliphatic heterocycles. The third-order valence-electron chi connectivity index (χ3n) is 1.69. The van der Waals surface area contributed by atoms with Gasteiger partial charge in [0.25, 0.3) is 0 Å². The molecule has 0 aliphatic rings. The summed E-state index contributed by atoms with van der Waals surface area (Å²) in [6.07, 6.45) is -5.86. The maximum atomic E-state index is 10.4. The molecule has 0 spiro atoms. The average Bonchev–Trinajstić information content (AvgIpc) is 2.22. The van der Waals surface area contributed by atoms with Gasteiger partial charge in [0, 0.05) is 13.1 Å². The molecule has 0 unspecified atom stereocenters. The SMILES string of the molecule is CC(=O)N=C[C@H](O)[C@@H](O)[C@H](O)[C@H](O)CO. The van der Waals surface area contributed by atoms with Gasteiger partial charge < -0.3 is 25.5 Å². The van der Waals surface area contributed by atoms with E-state index in [0.717, 1.165) is 13.1 Å². The van der Waals surface area contributed by atoms with E-state index in [4.69, 9.17) is 15.3 Å². The minimum absolute atomic E-state index is 0.571. The van der Waals surface area contributed by atoms with Crippen molar-refractivity contribution >= 4 is 12.1 Å². The van der Waals surface area contributed by atoms with Gasteiger partial charge in [-0.2, -0.15) is 0 Å². The monoisotopic (exact) mass is 221 g/mol. The van der Waals surface area contributed by atoms with Crippen LogP contribution in [0.2, 0.25) is 0 Å². The van der Waals surface area contributed by atoms with Crippen molar-refractivity contribution in [2.75, 3.05) is 6.61 Å². The molecule has 0 bridgehead atoms. The van der Waals surface area contributed by atoms with Crippen LogP contribution in [-0.2, 0) is 4.79 Å². The standard InChI is InChI=1S/C8H15NO6/c1-4(11)9-2-5(12)7(14)8(15)6(13)3-10/h2,5-8,10,12-15H,3H2,1H3/t5-,6+,7+,8+/m0/s1. The first kappa shape index (κ1) is 14.1. The lowest BCUT2D eigenvalue weighted by atomic mass is 10.0. The minimum Gasteiger partial charge on any atom is -0.394 e. The van der Waals surface area contributed by atoms with Crippen molar-refractivity contribution in [3.63, 3.8) is 0 Å². The molecule has 1 amide bonds. The fraction of sp³-hybridized carbons (Fsp3) is 0.750. The Hall–Kier alpha value is -0.860. The van der Waals surface area contributed by atoms with E-state index in [2.05, 4.69) is 4.99 Å². The van der Waals surface area contributed by atoms with Gasteiger partial charge in [0.2, 0.25) is 5.91 Å². The Morgan fingerprint density at radius 2 is 1.80 bits per heavy atom. The van der Waals surface area contributed by atoms with Crippen LogP contribution in [0.5, 0.6) is 0 Å². The van der Waals surface area contributed by atoms with Gasteiger partial charge in [-0.05, 0) is 0 Å². The minimum atomic E-state index is -1.73. The van der Waals surface area contributed by atoms with E-state index < -0.39 is 36.9 Å². The maximum Gasteiger partial charge on any atom is 0.242 e. The maximum absolute atomic E-state index is 10.4. The van der Waals surface area contributed by atoms with Gasteiger partial charge in [0.1, 0.15) is 24.4 Å². The summed E-state index contributed by atoms with van der Waals surface area (Å²) in [4.78, 5) is 13.6. The highest BCUT2D eigenvalue weighted by Crippen LogP contribution is 2.03. The number of aliphatic hydroxyl groups excluding tert-OH is 5. The summed E-state index contributed by atoms with van der Waals surface area (Å²) in [6.45, 7) is 0.392. The quantitative estimate of drug-likeness (QED) is 0.315. The molecule has 0 fully saturated rings. The Balaban J connectivity index is 4.30. The molecule has 0 saturated carbocycles. The van der Waals surface area contributed by atoms with Gasteiger partial charge in [-0.25, -0.2) is 4.99 Å². The number of amides is 1. The molecule has 4 atom stereocenters. The lowest BCUT2D eigenvalue weighted by Crippen LogP contribution is -2.46. The molecular weight excluding hydrogens is 206 g/mol. The molecule has 0 aromatic heterocycles. The number of hydrogen-bond donors (Lipinski definition) is 5. The first-order valence-corrected chi connectivity index (χ1v) is 4.28. The van der Waals surface area contributed by atoms with Gasteiger partial charge in [-0.15, -0.1) is 0 Å². The Kier molecular flexibility index (Phi) is 6.21. The molecule has 0 rings (SSSR count). The second kappa shape index (κ2) is 6.59. The zero-order valence-electron chi connectivity index (χ0n) is 8.19. The van der Waals surface area contributed by atoms with E-state index in [1.54, 1.807) is 0 Å². The third kappa shape index (κ3) is 4.96. The molecule has 5 N–H and O–H groups in total. The van der Waals surface area contributed by atoms with E-state index in [0.29, 0.717) is 0 Å². The fourth-order valence-electron chi connectivity index (χ4n) is 0.807. The molecule has 0 aliphatic carbocycles. The largest absolute Gasteiger partial charge is 0.394 e. The molecule has 0 aromatic rings.